The number of nitrogens with one attached hydrogen (secondary N) is 1. The lowest BCUT2D eigenvalue weighted by atomic mass is 9.76. The topological polar surface area (TPSA) is 113 Å². The van der Waals surface area contributed by atoms with Gasteiger partial charge in [-0.25, -0.2) is 0 Å². The third-order valence-corrected chi connectivity index (χ3v) is 8.41. The molecule has 0 unspecified atom stereocenters. The number of carbonyl (C=O) groups is 2. The van der Waals surface area contributed by atoms with Crippen LogP contribution in [0.3, 0.4) is 0 Å². The molecule has 3 atom stereocenters. The second kappa shape index (κ2) is 9.17. The minimum absolute atomic E-state index is 0.0226. The highest BCUT2D eigenvalue weighted by Crippen LogP contribution is 2.50. The number of aliphatic carboxylic acids is 1. The van der Waals surface area contributed by atoms with Crippen molar-refractivity contribution in [3.05, 3.63) is 41.5 Å². The Balaban J connectivity index is 1.25. The Hall–Kier alpha value is -3.76. The summed E-state index contributed by atoms with van der Waals surface area (Å²) in [5, 5.41) is 12.5. The normalized spacial score (nSPS) is 29.8. The van der Waals surface area contributed by atoms with Gasteiger partial charge in [-0.05, 0) is 56.7 Å². The van der Waals surface area contributed by atoms with Crippen molar-refractivity contribution in [2.75, 3.05) is 13.7 Å². The van der Waals surface area contributed by atoms with E-state index in [4.69, 9.17) is 14.2 Å². The van der Waals surface area contributed by atoms with Crippen LogP contribution in [0.25, 0.3) is 0 Å². The summed E-state index contributed by atoms with van der Waals surface area (Å²) in [5.74, 6) is -0.0662. The third kappa shape index (κ3) is 4.47. The highest BCUT2D eigenvalue weighted by molar-refractivity contribution is 5.90. The van der Waals surface area contributed by atoms with E-state index < -0.39 is 23.7 Å². The predicted octanol–water partition coefficient (Wildman–Crippen LogP) is 4.57. The van der Waals surface area contributed by atoms with Crippen LogP contribution in [0.4, 0.5) is 8.78 Å². The largest absolute Gasteiger partial charge is 0.586 e. The zero-order chi connectivity index (χ0) is 27.5. The third-order valence-electron chi connectivity index (χ3n) is 8.41. The number of amides is 1. The standard InChI is InChI=1S/C28H29F2NO8/c1-27(13-36-22-12-24-23(10-18(22)27)38-28(29,30)39-24)26(34)31-19-11-20(14-3-5-15(6-4-14)25(32)33)37-21-9-16(35-2)7-8-17(19)21/h7-10,12,14-15,19-20H,3-6,11,13H2,1-2H3,(H,31,34)(H,32,33)/t14-,15-,19-,20-,27+/m1/s1. The van der Waals surface area contributed by atoms with Gasteiger partial charge in [-0.3, -0.25) is 9.59 Å². The molecule has 1 amide bonds. The Bertz CT molecular complexity index is 1320. The summed E-state index contributed by atoms with van der Waals surface area (Å²) in [4.78, 5) is 25.2. The van der Waals surface area contributed by atoms with E-state index in [0.717, 1.165) is 18.4 Å². The van der Waals surface area contributed by atoms with E-state index in [1.807, 2.05) is 6.07 Å². The van der Waals surface area contributed by atoms with Gasteiger partial charge in [0.05, 0.1) is 19.1 Å². The summed E-state index contributed by atoms with van der Waals surface area (Å²) in [6.45, 7) is 1.72. The molecule has 0 saturated heterocycles. The Kier molecular flexibility index (Phi) is 6.00. The predicted molar refractivity (Wildman–Crippen MR) is 131 cm³/mol. The average Bonchev–Trinajstić information content (AvgIpc) is 3.41. The van der Waals surface area contributed by atoms with Crippen molar-refractivity contribution >= 4 is 11.9 Å². The van der Waals surface area contributed by atoms with Crippen LogP contribution in [0.15, 0.2) is 30.3 Å². The zero-order valence-electron chi connectivity index (χ0n) is 21.5. The quantitative estimate of drug-likeness (QED) is 0.562. The van der Waals surface area contributed by atoms with Crippen molar-refractivity contribution < 1.29 is 47.2 Å². The number of hydrogen-bond acceptors (Lipinski definition) is 7. The minimum atomic E-state index is -3.78. The number of carboxylic acids is 1. The molecule has 39 heavy (non-hydrogen) atoms. The second-order valence-electron chi connectivity index (χ2n) is 10.9. The lowest BCUT2D eigenvalue weighted by molar-refractivity contribution is -0.286. The van der Waals surface area contributed by atoms with Crippen molar-refractivity contribution in [3.63, 3.8) is 0 Å². The zero-order valence-corrected chi connectivity index (χ0v) is 21.5. The number of rotatable bonds is 5. The fourth-order valence-corrected chi connectivity index (χ4v) is 6.10. The molecule has 0 aromatic heterocycles. The number of ether oxygens (including phenoxy) is 5. The van der Waals surface area contributed by atoms with Crippen LogP contribution in [0.1, 0.15) is 56.2 Å². The van der Waals surface area contributed by atoms with Crippen LogP contribution in [-0.4, -0.2) is 43.1 Å². The van der Waals surface area contributed by atoms with Gasteiger partial charge in [-0.15, -0.1) is 8.78 Å². The van der Waals surface area contributed by atoms with E-state index in [1.54, 1.807) is 26.2 Å². The Morgan fingerprint density at radius 3 is 2.44 bits per heavy atom. The van der Waals surface area contributed by atoms with Crippen molar-refractivity contribution in [2.45, 2.75) is 62.9 Å². The molecule has 0 bridgehead atoms. The van der Waals surface area contributed by atoms with Gasteiger partial charge in [-0.1, -0.05) is 0 Å². The molecule has 3 aliphatic heterocycles. The number of alkyl halides is 2. The van der Waals surface area contributed by atoms with Crippen molar-refractivity contribution in [3.8, 4) is 28.7 Å². The fraction of sp³-hybridized carbons (Fsp3) is 0.500. The van der Waals surface area contributed by atoms with Gasteiger partial charge in [0.25, 0.3) is 0 Å². The highest BCUT2D eigenvalue weighted by atomic mass is 19.3. The lowest BCUT2D eigenvalue weighted by Crippen LogP contribution is -2.47. The summed E-state index contributed by atoms with van der Waals surface area (Å²) >= 11 is 0. The molecule has 11 heteroatoms. The summed E-state index contributed by atoms with van der Waals surface area (Å²) < 4.78 is 53.9. The van der Waals surface area contributed by atoms with E-state index in [1.165, 1.54) is 12.1 Å². The molecular formula is C28H29F2NO8. The van der Waals surface area contributed by atoms with E-state index in [2.05, 4.69) is 14.8 Å². The lowest BCUT2D eigenvalue weighted by Gasteiger charge is -2.39. The number of fused-ring (bicyclic) bond motifs is 3. The summed E-state index contributed by atoms with van der Waals surface area (Å²) in [6, 6.07) is 7.76. The van der Waals surface area contributed by atoms with Gasteiger partial charge < -0.3 is 34.1 Å². The number of carbonyl (C=O) groups excluding carboxylic acids is 1. The smallest absolute Gasteiger partial charge is 0.497 e. The van der Waals surface area contributed by atoms with Crippen LogP contribution in [-0.2, 0) is 15.0 Å². The molecule has 0 spiro atoms. The van der Waals surface area contributed by atoms with Gasteiger partial charge >= 0.3 is 12.3 Å². The van der Waals surface area contributed by atoms with Crippen LogP contribution < -0.4 is 29.0 Å². The van der Waals surface area contributed by atoms with Gasteiger partial charge in [0.2, 0.25) is 5.91 Å². The van der Waals surface area contributed by atoms with Crippen molar-refractivity contribution in [1.82, 2.24) is 5.32 Å². The molecule has 0 radical (unpaired) electrons. The number of methoxy groups -OCH3 is 1. The summed E-state index contributed by atoms with van der Waals surface area (Å²) in [5.41, 5.74) is 0.0734. The first-order valence-corrected chi connectivity index (χ1v) is 13.0. The second-order valence-corrected chi connectivity index (χ2v) is 10.9. The van der Waals surface area contributed by atoms with Gasteiger partial charge in [0.1, 0.15) is 35.4 Å². The van der Waals surface area contributed by atoms with E-state index in [-0.39, 0.29) is 47.7 Å². The molecule has 9 nitrogen and oxygen atoms in total. The van der Waals surface area contributed by atoms with Crippen LogP contribution >= 0.6 is 0 Å². The number of halogens is 2. The molecule has 1 saturated carbocycles. The molecule has 1 aliphatic carbocycles. The summed E-state index contributed by atoms with van der Waals surface area (Å²) in [7, 11) is 1.56. The molecule has 2 N–H and O–H groups in total. The van der Waals surface area contributed by atoms with Gasteiger partial charge in [-0.2, -0.15) is 0 Å². The molecule has 208 valence electrons. The Morgan fingerprint density at radius 2 is 1.74 bits per heavy atom. The van der Waals surface area contributed by atoms with Crippen molar-refractivity contribution in [1.29, 1.82) is 0 Å². The maximum atomic E-state index is 13.8. The van der Waals surface area contributed by atoms with Gasteiger partial charge in [0, 0.05) is 29.7 Å². The number of carboxylic acid groups (broad SMARTS) is 1. The number of benzene rings is 2. The van der Waals surface area contributed by atoms with E-state index in [0.29, 0.717) is 36.3 Å². The molecule has 6 rings (SSSR count). The SMILES string of the molecule is COc1ccc2c(c1)O[C@@H]([C@H]1CC[C@H](C(=O)O)CC1)C[C@H]2NC(=O)[C@@]1(C)COc2cc3c(cc21)OC(F)(F)O3. The van der Waals surface area contributed by atoms with Crippen LogP contribution in [0.2, 0.25) is 0 Å². The van der Waals surface area contributed by atoms with Crippen LogP contribution in [0.5, 0.6) is 28.7 Å². The molecule has 4 aliphatic rings. The van der Waals surface area contributed by atoms with E-state index in [9.17, 15) is 23.5 Å². The Labute approximate surface area is 223 Å². The van der Waals surface area contributed by atoms with Crippen molar-refractivity contribution in [2.24, 2.45) is 11.8 Å². The molecule has 2 aromatic carbocycles. The fourth-order valence-electron chi connectivity index (χ4n) is 6.10. The maximum absolute atomic E-state index is 13.8. The molecular weight excluding hydrogens is 516 g/mol. The molecule has 3 heterocycles. The first kappa shape index (κ1) is 25.5. The monoisotopic (exact) mass is 545 g/mol. The van der Waals surface area contributed by atoms with E-state index >= 15 is 0 Å². The molecule has 2 aromatic rings. The summed E-state index contributed by atoms with van der Waals surface area (Å²) in [6.07, 6.45) is -0.879. The first-order valence-electron chi connectivity index (χ1n) is 13.0. The average molecular weight is 546 g/mol. The molecule has 1 fully saturated rings. The first-order chi connectivity index (χ1) is 18.6. The van der Waals surface area contributed by atoms with Gasteiger partial charge in [0.15, 0.2) is 11.5 Å². The van der Waals surface area contributed by atoms with Crippen LogP contribution in [0, 0.1) is 11.8 Å². The number of hydrogen-bond donors (Lipinski definition) is 2. The Morgan fingerprint density at radius 1 is 1.03 bits per heavy atom. The highest BCUT2D eigenvalue weighted by Gasteiger charge is 2.49. The maximum Gasteiger partial charge on any atom is 0.586 e. The minimum Gasteiger partial charge on any atom is -0.497 e.